The van der Waals surface area contributed by atoms with Crippen molar-refractivity contribution in [3.8, 4) is 5.75 Å². The van der Waals surface area contributed by atoms with Gasteiger partial charge < -0.3 is 10.5 Å². The highest BCUT2D eigenvalue weighted by molar-refractivity contribution is 5.44. The smallest absolute Gasteiger partial charge is 0.124 e. The van der Waals surface area contributed by atoms with E-state index in [1.54, 1.807) is 7.11 Å². The van der Waals surface area contributed by atoms with E-state index in [0.717, 1.165) is 23.3 Å². The summed E-state index contributed by atoms with van der Waals surface area (Å²) in [5.74, 6) is 1.60. The third kappa shape index (κ3) is 2.99. The van der Waals surface area contributed by atoms with Gasteiger partial charge in [-0.1, -0.05) is 26.0 Å². The van der Waals surface area contributed by atoms with Crippen LogP contribution in [-0.4, -0.2) is 7.11 Å². The molecule has 0 fully saturated rings. The molecular weight excluding hydrogens is 198 g/mol. The summed E-state index contributed by atoms with van der Waals surface area (Å²) in [4.78, 5) is 0. The van der Waals surface area contributed by atoms with Crippen LogP contribution in [0.2, 0.25) is 0 Å². The first-order valence-corrected chi connectivity index (χ1v) is 5.86. The first kappa shape index (κ1) is 13.0. The third-order valence-corrected chi connectivity index (χ3v) is 2.84. The second-order valence-electron chi connectivity index (χ2n) is 4.92. The van der Waals surface area contributed by atoms with E-state index >= 15 is 0 Å². The molecule has 0 aliphatic heterocycles. The van der Waals surface area contributed by atoms with Crippen molar-refractivity contribution in [3.05, 3.63) is 28.8 Å². The van der Waals surface area contributed by atoms with Crippen LogP contribution in [0.15, 0.2) is 12.1 Å². The monoisotopic (exact) mass is 221 g/mol. The quantitative estimate of drug-likeness (QED) is 0.846. The molecule has 1 aromatic carbocycles. The Balaban J connectivity index is 2.99. The van der Waals surface area contributed by atoms with Crippen molar-refractivity contribution in [2.24, 2.45) is 11.7 Å². The number of rotatable bonds is 4. The second kappa shape index (κ2) is 5.35. The number of methoxy groups -OCH3 is 1. The average Bonchev–Trinajstić information content (AvgIpc) is 2.16. The summed E-state index contributed by atoms with van der Waals surface area (Å²) in [5.41, 5.74) is 9.72. The summed E-state index contributed by atoms with van der Waals surface area (Å²) in [6, 6.07) is 4.40. The van der Waals surface area contributed by atoms with Gasteiger partial charge in [0.1, 0.15) is 5.75 Å². The van der Waals surface area contributed by atoms with Crippen molar-refractivity contribution in [1.82, 2.24) is 0 Å². The predicted octanol–water partition coefficient (Wildman–Crippen LogP) is 3.36. The minimum absolute atomic E-state index is 0.128. The van der Waals surface area contributed by atoms with Gasteiger partial charge >= 0.3 is 0 Å². The van der Waals surface area contributed by atoms with E-state index in [9.17, 15) is 0 Å². The molecule has 0 amide bonds. The molecule has 1 atom stereocenters. The van der Waals surface area contributed by atoms with E-state index in [1.807, 2.05) is 0 Å². The highest BCUT2D eigenvalue weighted by Gasteiger charge is 2.12. The highest BCUT2D eigenvalue weighted by Crippen LogP contribution is 2.28. The van der Waals surface area contributed by atoms with E-state index in [-0.39, 0.29) is 6.04 Å². The van der Waals surface area contributed by atoms with Gasteiger partial charge in [0, 0.05) is 6.04 Å². The van der Waals surface area contributed by atoms with Gasteiger partial charge in [0.05, 0.1) is 7.11 Å². The molecular formula is C14H23NO. The molecule has 0 bridgehead atoms. The van der Waals surface area contributed by atoms with Gasteiger partial charge in [-0.3, -0.25) is 0 Å². The molecule has 2 N–H and O–H groups in total. The van der Waals surface area contributed by atoms with Gasteiger partial charge in [0.15, 0.2) is 0 Å². The van der Waals surface area contributed by atoms with Crippen LogP contribution in [0.5, 0.6) is 5.75 Å². The van der Waals surface area contributed by atoms with E-state index in [2.05, 4.69) is 39.8 Å². The van der Waals surface area contributed by atoms with Crippen molar-refractivity contribution >= 4 is 0 Å². The fourth-order valence-corrected chi connectivity index (χ4v) is 2.16. The Bertz CT molecular complexity index is 335. The van der Waals surface area contributed by atoms with Crippen molar-refractivity contribution in [1.29, 1.82) is 0 Å². The summed E-state index contributed by atoms with van der Waals surface area (Å²) in [7, 11) is 1.71. The zero-order valence-electron chi connectivity index (χ0n) is 11.0. The Hall–Kier alpha value is -1.02. The molecule has 0 heterocycles. The molecule has 16 heavy (non-hydrogen) atoms. The SMILES string of the molecule is COc1c(C)cc(C(N)CC(C)C)cc1C. The fourth-order valence-electron chi connectivity index (χ4n) is 2.16. The van der Waals surface area contributed by atoms with Crippen LogP contribution < -0.4 is 10.5 Å². The standard InChI is InChI=1S/C14H23NO/c1-9(2)6-13(15)12-7-10(3)14(16-5)11(4)8-12/h7-9,13H,6,15H2,1-5H3. The molecule has 2 nitrogen and oxygen atoms in total. The molecule has 0 aliphatic rings. The zero-order chi connectivity index (χ0) is 12.3. The van der Waals surface area contributed by atoms with Crippen molar-refractivity contribution in [2.75, 3.05) is 7.11 Å². The summed E-state index contributed by atoms with van der Waals surface area (Å²) in [6.45, 7) is 8.53. The first-order valence-electron chi connectivity index (χ1n) is 5.86. The molecule has 0 aliphatic carbocycles. The van der Waals surface area contributed by atoms with Gasteiger partial charge in [-0.15, -0.1) is 0 Å². The molecule has 2 heteroatoms. The van der Waals surface area contributed by atoms with Crippen molar-refractivity contribution < 1.29 is 4.74 Å². The Kier molecular flexibility index (Phi) is 4.36. The summed E-state index contributed by atoms with van der Waals surface area (Å²) in [6.07, 6.45) is 1.02. The lowest BCUT2D eigenvalue weighted by Crippen LogP contribution is -2.13. The van der Waals surface area contributed by atoms with E-state index in [4.69, 9.17) is 10.5 Å². The van der Waals surface area contributed by atoms with Gasteiger partial charge in [0.2, 0.25) is 0 Å². The normalized spacial score (nSPS) is 12.9. The Labute approximate surface area is 98.8 Å². The Morgan fingerprint density at radius 2 is 1.69 bits per heavy atom. The van der Waals surface area contributed by atoms with Gasteiger partial charge in [-0.2, -0.15) is 0 Å². The highest BCUT2D eigenvalue weighted by atomic mass is 16.5. The van der Waals surface area contributed by atoms with Gasteiger partial charge in [-0.25, -0.2) is 0 Å². The number of benzene rings is 1. The summed E-state index contributed by atoms with van der Waals surface area (Å²) >= 11 is 0. The van der Waals surface area contributed by atoms with Crippen LogP contribution in [0.1, 0.15) is 43.0 Å². The number of aryl methyl sites for hydroxylation is 2. The van der Waals surface area contributed by atoms with Gasteiger partial charge in [-0.05, 0) is 42.9 Å². The summed E-state index contributed by atoms with van der Waals surface area (Å²) < 4.78 is 5.35. The molecule has 1 aromatic rings. The molecule has 1 unspecified atom stereocenters. The lowest BCUT2D eigenvalue weighted by Gasteiger charge is -2.17. The van der Waals surface area contributed by atoms with Crippen LogP contribution in [-0.2, 0) is 0 Å². The molecule has 90 valence electrons. The average molecular weight is 221 g/mol. The van der Waals surface area contributed by atoms with Crippen molar-refractivity contribution in [2.45, 2.75) is 40.2 Å². The largest absolute Gasteiger partial charge is 0.496 e. The van der Waals surface area contributed by atoms with E-state index < -0.39 is 0 Å². The summed E-state index contributed by atoms with van der Waals surface area (Å²) in [5, 5.41) is 0. The second-order valence-corrected chi connectivity index (χ2v) is 4.92. The molecule has 0 saturated heterocycles. The zero-order valence-corrected chi connectivity index (χ0v) is 11.0. The molecule has 0 spiro atoms. The van der Waals surface area contributed by atoms with Crippen molar-refractivity contribution in [3.63, 3.8) is 0 Å². The maximum atomic E-state index is 6.18. The minimum atomic E-state index is 0.128. The lowest BCUT2D eigenvalue weighted by atomic mass is 9.95. The first-order chi connectivity index (χ1) is 7.45. The van der Waals surface area contributed by atoms with Crippen LogP contribution in [0.25, 0.3) is 0 Å². The lowest BCUT2D eigenvalue weighted by molar-refractivity contribution is 0.408. The topological polar surface area (TPSA) is 35.2 Å². The van der Waals surface area contributed by atoms with Crippen LogP contribution in [0.4, 0.5) is 0 Å². The number of nitrogens with two attached hydrogens (primary N) is 1. The number of ether oxygens (including phenoxy) is 1. The third-order valence-electron chi connectivity index (χ3n) is 2.84. The van der Waals surface area contributed by atoms with Crippen LogP contribution >= 0.6 is 0 Å². The van der Waals surface area contributed by atoms with Crippen LogP contribution in [0.3, 0.4) is 0 Å². The fraction of sp³-hybridized carbons (Fsp3) is 0.571. The number of hydrogen-bond acceptors (Lipinski definition) is 2. The molecule has 1 rings (SSSR count). The molecule has 0 radical (unpaired) electrons. The molecule has 0 saturated carbocycles. The maximum Gasteiger partial charge on any atom is 0.124 e. The molecule has 0 aromatic heterocycles. The minimum Gasteiger partial charge on any atom is -0.496 e. The predicted molar refractivity (Wildman–Crippen MR) is 68.9 cm³/mol. The van der Waals surface area contributed by atoms with Gasteiger partial charge in [0.25, 0.3) is 0 Å². The van der Waals surface area contributed by atoms with E-state index in [0.29, 0.717) is 5.92 Å². The Morgan fingerprint density at radius 1 is 1.19 bits per heavy atom. The Morgan fingerprint density at radius 3 is 2.06 bits per heavy atom. The van der Waals surface area contributed by atoms with Crippen LogP contribution in [0, 0.1) is 19.8 Å². The maximum absolute atomic E-state index is 6.18. The number of hydrogen-bond donors (Lipinski definition) is 1. The van der Waals surface area contributed by atoms with E-state index in [1.165, 1.54) is 5.56 Å².